The summed E-state index contributed by atoms with van der Waals surface area (Å²) in [4.78, 5) is 15.0. The minimum atomic E-state index is 0.0584. The van der Waals surface area contributed by atoms with Crippen molar-refractivity contribution >= 4 is 16.9 Å². The number of carbonyl (C=O) groups is 1. The Morgan fingerprint density at radius 3 is 2.89 bits per heavy atom. The number of rotatable bonds is 3. The summed E-state index contributed by atoms with van der Waals surface area (Å²) >= 11 is 0. The van der Waals surface area contributed by atoms with Gasteiger partial charge in [-0.05, 0) is 42.7 Å². The molecule has 27 heavy (non-hydrogen) atoms. The van der Waals surface area contributed by atoms with Gasteiger partial charge in [0.25, 0.3) is 0 Å². The normalized spacial score (nSPS) is 18.8. The van der Waals surface area contributed by atoms with Crippen LogP contribution < -0.4 is 9.47 Å². The zero-order valence-corrected chi connectivity index (χ0v) is 14.9. The molecule has 1 saturated heterocycles. The molecule has 1 fully saturated rings. The number of aromatic nitrogens is 3. The summed E-state index contributed by atoms with van der Waals surface area (Å²) in [6, 6.07) is 13.7. The molecule has 2 aliphatic heterocycles. The summed E-state index contributed by atoms with van der Waals surface area (Å²) in [7, 11) is 0. The molecule has 0 bridgehead atoms. The van der Waals surface area contributed by atoms with Gasteiger partial charge in [-0.3, -0.25) is 4.79 Å². The van der Waals surface area contributed by atoms with Gasteiger partial charge < -0.3 is 14.4 Å². The van der Waals surface area contributed by atoms with Gasteiger partial charge >= 0.3 is 0 Å². The lowest BCUT2D eigenvalue weighted by molar-refractivity contribution is -0.132. The molecule has 0 radical (unpaired) electrons. The van der Waals surface area contributed by atoms with E-state index in [0.29, 0.717) is 13.2 Å². The van der Waals surface area contributed by atoms with Crippen LogP contribution in [0.15, 0.2) is 42.5 Å². The van der Waals surface area contributed by atoms with E-state index in [1.807, 2.05) is 47.4 Å². The van der Waals surface area contributed by atoms with Gasteiger partial charge in [0.15, 0.2) is 11.5 Å². The zero-order valence-electron chi connectivity index (χ0n) is 14.9. The number of hydrogen-bond acceptors (Lipinski definition) is 5. The van der Waals surface area contributed by atoms with Crippen LogP contribution in [0.2, 0.25) is 0 Å². The lowest BCUT2D eigenvalue weighted by Gasteiger charge is -2.26. The third kappa shape index (κ3) is 2.89. The molecule has 1 unspecified atom stereocenters. The number of fused-ring (bicyclic) bond motifs is 2. The van der Waals surface area contributed by atoms with Crippen LogP contribution in [-0.4, -0.2) is 45.6 Å². The van der Waals surface area contributed by atoms with Gasteiger partial charge in [-0.15, -0.1) is 5.10 Å². The summed E-state index contributed by atoms with van der Waals surface area (Å²) in [5.74, 6) is 1.60. The molecule has 0 aliphatic carbocycles. The van der Waals surface area contributed by atoms with Gasteiger partial charge in [0, 0.05) is 6.54 Å². The van der Waals surface area contributed by atoms with E-state index in [1.165, 1.54) is 0 Å². The Hall–Kier alpha value is -3.09. The van der Waals surface area contributed by atoms with Gasteiger partial charge in [0.05, 0.1) is 11.6 Å². The average Bonchev–Trinajstić information content (AvgIpc) is 3.35. The zero-order chi connectivity index (χ0) is 18.2. The standard InChI is InChI=1S/C20H20N4O3/c25-20(13-24-17-5-2-1-4-15(17)21-22-24)23-9-3-6-16(23)14-7-8-18-19(12-14)27-11-10-26-18/h1-2,4-5,7-8,12,16H,3,6,9-11,13H2. The van der Waals surface area contributed by atoms with E-state index in [4.69, 9.17) is 9.47 Å². The van der Waals surface area contributed by atoms with E-state index < -0.39 is 0 Å². The van der Waals surface area contributed by atoms with Crippen LogP contribution in [0, 0.1) is 0 Å². The predicted molar refractivity (Wildman–Crippen MR) is 98.6 cm³/mol. The van der Waals surface area contributed by atoms with Crippen molar-refractivity contribution in [2.75, 3.05) is 19.8 Å². The van der Waals surface area contributed by atoms with Gasteiger partial charge in [-0.2, -0.15) is 0 Å². The molecule has 1 atom stereocenters. The number of amides is 1. The van der Waals surface area contributed by atoms with Crippen molar-refractivity contribution in [2.45, 2.75) is 25.4 Å². The summed E-state index contributed by atoms with van der Waals surface area (Å²) < 4.78 is 13.0. The van der Waals surface area contributed by atoms with Crippen LogP contribution in [0.25, 0.3) is 11.0 Å². The number of ether oxygens (including phenoxy) is 2. The Morgan fingerprint density at radius 2 is 1.96 bits per heavy atom. The minimum absolute atomic E-state index is 0.0584. The highest BCUT2D eigenvalue weighted by Gasteiger charge is 2.31. The van der Waals surface area contributed by atoms with Crippen LogP contribution >= 0.6 is 0 Å². The molecule has 5 rings (SSSR count). The molecule has 0 N–H and O–H groups in total. The van der Waals surface area contributed by atoms with Crippen LogP contribution in [-0.2, 0) is 11.3 Å². The van der Waals surface area contributed by atoms with Crippen molar-refractivity contribution in [3.8, 4) is 11.5 Å². The van der Waals surface area contributed by atoms with E-state index in [-0.39, 0.29) is 18.5 Å². The molecule has 3 aromatic rings. The first-order chi connectivity index (χ1) is 13.3. The fourth-order valence-electron chi connectivity index (χ4n) is 3.93. The largest absolute Gasteiger partial charge is 0.486 e. The van der Waals surface area contributed by atoms with Gasteiger partial charge in [-0.1, -0.05) is 23.4 Å². The first-order valence-corrected chi connectivity index (χ1v) is 9.27. The van der Waals surface area contributed by atoms with Crippen molar-refractivity contribution in [3.05, 3.63) is 48.0 Å². The molecule has 3 heterocycles. The van der Waals surface area contributed by atoms with Crippen molar-refractivity contribution in [3.63, 3.8) is 0 Å². The van der Waals surface area contributed by atoms with Crippen LogP contribution in [0.1, 0.15) is 24.4 Å². The fourth-order valence-corrected chi connectivity index (χ4v) is 3.93. The molecule has 0 spiro atoms. The highest BCUT2D eigenvalue weighted by Crippen LogP contribution is 2.38. The lowest BCUT2D eigenvalue weighted by Crippen LogP contribution is -2.33. The second kappa shape index (κ2) is 6.57. The molecule has 7 heteroatoms. The van der Waals surface area contributed by atoms with E-state index >= 15 is 0 Å². The summed E-state index contributed by atoms with van der Waals surface area (Å²) in [5, 5.41) is 8.28. The molecule has 0 saturated carbocycles. The second-order valence-corrected chi connectivity index (χ2v) is 6.88. The maximum atomic E-state index is 13.0. The Kier molecular flexibility index (Phi) is 3.92. The van der Waals surface area contributed by atoms with E-state index in [9.17, 15) is 4.79 Å². The van der Waals surface area contributed by atoms with Gasteiger partial charge in [0.2, 0.25) is 5.91 Å². The monoisotopic (exact) mass is 364 g/mol. The molecule has 1 aromatic heterocycles. The average molecular weight is 364 g/mol. The van der Waals surface area contributed by atoms with Crippen LogP contribution in [0.5, 0.6) is 11.5 Å². The molecule has 7 nitrogen and oxygen atoms in total. The van der Waals surface area contributed by atoms with Crippen LogP contribution in [0.3, 0.4) is 0 Å². The number of para-hydroxylation sites is 1. The summed E-state index contributed by atoms with van der Waals surface area (Å²) in [5.41, 5.74) is 2.77. The quantitative estimate of drug-likeness (QED) is 0.714. The molecular formula is C20H20N4O3. The maximum absolute atomic E-state index is 13.0. The first kappa shape index (κ1) is 16.1. The summed E-state index contributed by atoms with van der Waals surface area (Å²) in [6.45, 7) is 2.08. The second-order valence-electron chi connectivity index (χ2n) is 6.88. The summed E-state index contributed by atoms with van der Waals surface area (Å²) in [6.07, 6.45) is 1.94. The SMILES string of the molecule is O=C(Cn1nnc2ccccc21)N1CCCC1c1ccc2c(c1)OCCO2. The number of nitrogens with zero attached hydrogens (tertiary/aromatic N) is 4. The predicted octanol–water partition coefficient (Wildman–Crippen LogP) is 2.57. The first-order valence-electron chi connectivity index (χ1n) is 9.27. The third-order valence-electron chi connectivity index (χ3n) is 5.23. The number of hydrogen-bond donors (Lipinski definition) is 0. The van der Waals surface area contributed by atoms with Crippen LogP contribution in [0.4, 0.5) is 0 Å². The van der Waals surface area contributed by atoms with Crippen molar-refractivity contribution in [1.29, 1.82) is 0 Å². The third-order valence-corrected chi connectivity index (χ3v) is 5.23. The number of likely N-dealkylation sites (tertiary alicyclic amines) is 1. The molecule has 2 aromatic carbocycles. The Bertz CT molecular complexity index is 1000. The Morgan fingerprint density at radius 1 is 1.11 bits per heavy atom. The Balaban J connectivity index is 1.38. The lowest BCUT2D eigenvalue weighted by atomic mass is 10.0. The smallest absolute Gasteiger partial charge is 0.244 e. The highest BCUT2D eigenvalue weighted by molar-refractivity contribution is 5.80. The van der Waals surface area contributed by atoms with Crippen molar-refractivity contribution < 1.29 is 14.3 Å². The fraction of sp³-hybridized carbons (Fsp3) is 0.350. The van der Waals surface area contributed by atoms with Gasteiger partial charge in [0.1, 0.15) is 25.3 Å². The Labute approximate surface area is 156 Å². The molecule has 1 amide bonds. The van der Waals surface area contributed by atoms with Crippen molar-refractivity contribution in [2.24, 2.45) is 0 Å². The van der Waals surface area contributed by atoms with E-state index in [1.54, 1.807) is 4.68 Å². The molecule has 2 aliphatic rings. The highest BCUT2D eigenvalue weighted by atomic mass is 16.6. The van der Waals surface area contributed by atoms with Crippen molar-refractivity contribution in [1.82, 2.24) is 19.9 Å². The van der Waals surface area contributed by atoms with E-state index in [2.05, 4.69) is 10.3 Å². The van der Waals surface area contributed by atoms with Gasteiger partial charge in [-0.25, -0.2) is 4.68 Å². The minimum Gasteiger partial charge on any atom is -0.486 e. The number of benzene rings is 2. The molecular weight excluding hydrogens is 344 g/mol. The molecule has 138 valence electrons. The maximum Gasteiger partial charge on any atom is 0.244 e. The topological polar surface area (TPSA) is 69.5 Å². The van der Waals surface area contributed by atoms with E-state index in [0.717, 1.165) is 47.5 Å². The number of carbonyl (C=O) groups excluding carboxylic acids is 1.